The summed E-state index contributed by atoms with van der Waals surface area (Å²) in [5, 5.41) is 10.3. The Morgan fingerprint density at radius 2 is 1.98 bits per heavy atom. The molecule has 4 aromatic rings. The molecule has 2 aliphatic heterocycles. The minimum atomic E-state index is -0.534. The largest absolute Gasteiger partial charge is 0.382 e. The van der Waals surface area contributed by atoms with Gasteiger partial charge in [-0.25, -0.2) is 23.9 Å². The van der Waals surface area contributed by atoms with Crippen LogP contribution in [0.3, 0.4) is 0 Å². The van der Waals surface area contributed by atoms with E-state index in [1.807, 2.05) is 12.0 Å². The van der Waals surface area contributed by atoms with Gasteiger partial charge in [0.15, 0.2) is 11.6 Å². The number of hydrazine groups is 1. The predicted octanol–water partition coefficient (Wildman–Crippen LogP) is 3.72. The number of rotatable bonds is 8. The highest BCUT2D eigenvalue weighted by Crippen LogP contribution is 2.38. The Bertz CT molecular complexity index is 1770. The number of hydrogen-bond acceptors (Lipinski definition) is 8. The lowest BCUT2D eigenvalue weighted by atomic mass is 9.93. The van der Waals surface area contributed by atoms with Crippen LogP contribution in [0.25, 0.3) is 16.6 Å². The number of anilines is 3. The maximum absolute atomic E-state index is 15.8. The number of aromatic nitrogens is 4. The third-order valence-corrected chi connectivity index (χ3v) is 8.64. The number of carbonyl (C=O) groups is 2. The van der Waals surface area contributed by atoms with Gasteiger partial charge in [-0.3, -0.25) is 19.5 Å². The van der Waals surface area contributed by atoms with E-state index in [9.17, 15) is 9.59 Å². The monoisotopic (exact) mass is 629 g/mol. The van der Waals surface area contributed by atoms with Gasteiger partial charge >= 0.3 is 0 Å². The molecule has 0 spiro atoms. The maximum Gasteiger partial charge on any atom is 0.253 e. The molecular weight excluding hydrogens is 596 g/mol. The van der Waals surface area contributed by atoms with Crippen molar-refractivity contribution in [1.82, 2.24) is 29.5 Å². The van der Waals surface area contributed by atoms with Crippen molar-refractivity contribution in [3.8, 4) is 11.1 Å². The molecule has 2 saturated heterocycles. The summed E-state index contributed by atoms with van der Waals surface area (Å²) in [5.41, 5.74) is 9.79. The van der Waals surface area contributed by atoms with Crippen molar-refractivity contribution in [1.29, 1.82) is 0 Å². The molecule has 5 heterocycles. The molecule has 1 aromatic carbocycles. The number of fused-ring (bicyclic) bond motifs is 1. The van der Waals surface area contributed by atoms with Gasteiger partial charge in [0.1, 0.15) is 17.7 Å². The summed E-state index contributed by atoms with van der Waals surface area (Å²) in [4.78, 5) is 36.1. The highest BCUT2D eigenvalue weighted by Gasteiger charge is 2.28. The minimum absolute atomic E-state index is 0.116. The number of morpholine rings is 1. The summed E-state index contributed by atoms with van der Waals surface area (Å²) in [6, 6.07) is 11.7. The standard InChI is InChI=1S/C31H33FN9O3P/c1-20(27-16-44-13-12-39(27)40(18-42)28-4-2-3-9-34-28)31(43)37-22-5-6-23(25(32)14-22)24-15-26(21-7-10-38(19-45)11-8-21)41-29(24)30(33)35-17-36-41/h2-6,9,14-15,17-19,21,45H,7-8,10-13,16H2,1H3,(H,37,43)(H2,33,35,36)/b27-20+. The zero-order valence-electron chi connectivity index (χ0n) is 24.7. The van der Waals surface area contributed by atoms with E-state index in [1.54, 1.807) is 53.0 Å². The first-order valence-corrected chi connectivity index (χ1v) is 15.2. The van der Waals surface area contributed by atoms with Gasteiger partial charge in [-0.2, -0.15) is 5.10 Å². The normalized spacial score (nSPS) is 17.2. The smallest absolute Gasteiger partial charge is 0.253 e. The van der Waals surface area contributed by atoms with Crippen molar-refractivity contribution < 1.29 is 18.7 Å². The van der Waals surface area contributed by atoms with Crippen LogP contribution in [-0.4, -0.2) is 80.6 Å². The Hall–Kier alpha value is -4.71. The van der Waals surface area contributed by atoms with Gasteiger partial charge in [-0.05, 0) is 56.2 Å². The Kier molecular flexibility index (Phi) is 8.83. The fourth-order valence-corrected chi connectivity index (χ4v) is 6.13. The zero-order valence-corrected chi connectivity index (χ0v) is 25.7. The van der Waals surface area contributed by atoms with Crippen LogP contribution >= 0.6 is 8.86 Å². The van der Waals surface area contributed by atoms with E-state index >= 15 is 4.39 Å². The Morgan fingerprint density at radius 1 is 1.16 bits per heavy atom. The lowest BCUT2D eigenvalue weighted by Gasteiger charge is -2.38. The molecule has 232 valence electrons. The highest BCUT2D eigenvalue weighted by molar-refractivity contribution is 7.18. The summed E-state index contributed by atoms with van der Waals surface area (Å²) in [7, 11) is 3.46. The van der Waals surface area contributed by atoms with E-state index in [0.717, 1.165) is 31.6 Å². The first-order valence-electron chi connectivity index (χ1n) is 14.6. The summed E-state index contributed by atoms with van der Waals surface area (Å²) < 4.78 is 23.2. The number of nitrogens with one attached hydrogen (secondary N) is 1. The second-order valence-electron chi connectivity index (χ2n) is 10.9. The SMILES string of the molecule is C/C(C(=O)Nc1ccc(-c2cc(C3CCN(C=P)CC3)n3ncnc(N)c23)c(F)c1)=C1/COCCN1N(C=O)c1ccccn1. The van der Waals surface area contributed by atoms with Gasteiger partial charge in [0.05, 0.1) is 25.5 Å². The average Bonchev–Trinajstić information content (AvgIpc) is 3.46. The number of ether oxygens (including phenoxy) is 1. The fraction of sp³-hybridized carbons (Fsp3) is 0.290. The van der Waals surface area contributed by atoms with Crippen LogP contribution in [0.1, 0.15) is 31.4 Å². The summed E-state index contributed by atoms with van der Waals surface area (Å²) in [5.74, 6) is 1.80. The Morgan fingerprint density at radius 3 is 2.69 bits per heavy atom. The topological polar surface area (TPSA) is 134 Å². The molecule has 0 saturated carbocycles. The van der Waals surface area contributed by atoms with Crippen molar-refractivity contribution in [3.05, 3.63) is 77.8 Å². The van der Waals surface area contributed by atoms with Crippen molar-refractivity contribution in [3.63, 3.8) is 0 Å². The predicted molar refractivity (Wildman–Crippen MR) is 172 cm³/mol. The molecule has 2 aliphatic rings. The molecule has 14 heteroatoms. The quantitative estimate of drug-likeness (QED) is 0.170. The molecule has 0 radical (unpaired) electrons. The molecule has 0 aliphatic carbocycles. The van der Waals surface area contributed by atoms with Crippen LogP contribution < -0.4 is 16.1 Å². The second-order valence-corrected chi connectivity index (χ2v) is 11.1. The fourth-order valence-electron chi connectivity index (χ4n) is 5.87. The van der Waals surface area contributed by atoms with E-state index in [1.165, 1.54) is 17.4 Å². The third-order valence-electron chi connectivity index (χ3n) is 8.27. The lowest BCUT2D eigenvalue weighted by molar-refractivity contribution is -0.114. The van der Waals surface area contributed by atoms with E-state index in [2.05, 4.69) is 34.1 Å². The van der Waals surface area contributed by atoms with Gasteiger partial charge in [0.2, 0.25) is 6.41 Å². The molecule has 3 aromatic heterocycles. The summed E-state index contributed by atoms with van der Waals surface area (Å²) in [6.07, 6.45) is 5.46. The minimum Gasteiger partial charge on any atom is -0.382 e. The van der Waals surface area contributed by atoms with Gasteiger partial charge in [0, 0.05) is 59.2 Å². The van der Waals surface area contributed by atoms with Crippen LogP contribution in [0, 0.1) is 5.82 Å². The molecule has 12 nitrogen and oxygen atoms in total. The van der Waals surface area contributed by atoms with E-state index in [4.69, 9.17) is 10.5 Å². The molecule has 0 atom stereocenters. The number of likely N-dealkylation sites (tertiary alicyclic amines) is 1. The number of pyridine rings is 1. The number of amides is 2. The highest BCUT2D eigenvalue weighted by atomic mass is 31.0. The van der Waals surface area contributed by atoms with Crippen LogP contribution in [0.2, 0.25) is 0 Å². The lowest BCUT2D eigenvalue weighted by Crippen LogP contribution is -2.48. The number of benzene rings is 1. The average molecular weight is 630 g/mol. The summed E-state index contributed by atoms with van der Waals surface area (Å²) >= 11 is 0. The Balaban J connectivity index is 1.27. The van der Waals surface area contributed by atoms with Gasteiger partial charge in [-0.15, -0.1) is 8.86 Å². The summed E-state index contributed by atoms with van der Waals surface area (Å²) in [6.45, 7) is 4.22. The first-order chi connectivity index (χ1) is 21.9. The number of halogens is 1. The van der Waals surface area contributed by atoms with Gasteiger partial charge < -0.3 is 15.8 Å². The van der Waals surface area contributed by atoms with Crippen molar-refractivity contribution >= 4 is 49.9 Å². The second kappa shape index (κ2) is 13.1. The van der Waals surface area contributed by atoms with Crippen LogP contribution in [0.5, 0.6) is 0 Å². The molecule has 0 unspecified atom stereocenters. The Labute approximate surface area is 261 Å². The molecule has 2 amide bonds. The zero-order chi connectivity index (χ0) is 31.5. The number of piperidine rings is 1. The van der Waals surface area contributed by atoms with Crippen LogP contribution in [0.4, 0.5) is 21.7 Å². The van der Waals surface area contributed by atoms with E-state index in [0.29, 0.717) is 53.3 Å². The van der Waals surface area contributed by atoms with Crippen molar-refractivity contribution in [2.24, 2.45) is 0 Å². The molecule has 6 rings (SSSR count). The van der Waals surface area contributed by atoms with Crippen LogP contribution in [-0.2, 0) is 14.3 Å². The number of carbonyl (C=O) groups excluding carboxylic acids is 2. The molecule has 45 heavy (non-hydrogen) atoms. The van der Waals surface area contributed by atoms with Gasteiger partial charge in [0.25, 0.3) is 5.91 Å². The number of nitrogens with two attached hydrogens (primary N) is 1. The van der Waals surface area contributed by atoms with Crippen molar-refractivity contribution in [2.45, 2.75) is 25.7 Å². The van der Waals surface area contributed by atoms with E-state index in [-0.39, 0.29) is 24.0 Å². The number of hydrogen-bond donors (Lipinski definition) is 2. The number of nitrogen functional groups attached to an aromatic ring is 1. The first kappa shape index (κ1) is 30.3. The van der Waals surface area contributed by atoms with Gasteiger partial charge in [-0.1, -0.05) is 6.07 Å². The number of nitrogens with zero attached hydrogens (tertiary/aromatic N) is 7. The molecule has 3 N–H and O–H groups in total. The molecular formula is C31H33FN9O3P. The van der Waals surface area contributed by atoms with Crippen LogP contribution in [0.15, 0.2) is 66.3 Å². The molecule has 2 fully saturated rings. The van der Waals surface area contributed by atoms with E-state index < -0.39 is 11.7 Å². The molecule has 0 bridgehead atoms. The van der Waals surface area contributed by atoms with Crippen molar-refractivity contribution in [2.75, 3.05) is 48.9 Å². The maximum atomic E-state index is 15.8. The third kappa shape index (κ3) is 6.02.